The van der Waals surface area contributed by atoms with Crippen LogP contribution in [0, 0.1) is 5.82 Å². The van der Waals surface area contributed by atoms with Crippen molar-refractivity contribution < 1.29 is 27.9 Å². The minimum absolute atomic E-state index is 0.0816. The van der Waals surface area contributed by atoms with Crippen LogP contribution in [0.25, 0.3) is 11.0 Å². The molecule has 150 valence electrons. The maximum Gasteiger partial charge on any atom is 0.409 e. The number of benzene rings is 1. The molecule has 0 aliphatic carbocycles. The molecule has 8 heteroatoms. The van der Waals surface area contributed by atoms with E-state index in [1.807, 2.05) is 0 Å². The number of fused-ring (bicyclic) bond motifs is 1. The van der Waals surface area contributed by atoms with Gasteiger partial charge in [0, 0.05) is 25.0 Å². The average Bonchev–Trinajstić information content (AvgIpc) is 3.18. The minimum atomic E-state index is -0.494. The highest BCUT2D eigenvalue weighted by molar-refractivity contribution is 5.96. The van der Waals surface area contributed by atoms with E-state index in [4.69, 9.17) is 13.9 Å². The fourth-order valence-corrected chi connectivity index (χ4v) is 3.72. The number of likely N-dealkylation sites (tertiary alicyclic amines) is 1. The standard InChI is InChI=1S/C20H23FN2O5/c21-16-6-3-4-14-12-17(28-18(14)16)19(24)23-7-2-1-5-15(23)13-27-20(25)22-8-10-26-11-9-22/h3-4,6,12,15H,1-2,5,7-11,13H2. The number of hydrogen-bond acceptors (Lipinski definition) is 5. The number of furan rings is 1. The van der Waals surface area contributed by atoms with Crippen LogP contribution in [0.4, 0.5) is 9.18 Å². The number of carbonyl (C=O) groups is 2. The first kappa shape index (κ1) is 18.7. The molecule has 2 fully saturated rings. The lowest BCUT2D eigenvalue weighted by atomic mass is 10.0. The largest absolute Gasteiger partial charge is 0.448 e. The number of para-hydroxylation sites is 1. The maximum atomic E-state index is 13.9. The lowest BCUT2D eigenvalue weighted by Crippen LogP contribution is -2.48. The van der Waals surface area contributed by atoms with Gasteiger partial charge in [-0.15, -0.1) is 0 Å². The summed E-state index contributed by atoms with van der Waals surface area (Å²) in [7, 11) is 0. The van der Waals surface area contributed by atoms with E-state index in [2.05, 4.69) is 0 Å². The molecule has 0 bridgehead atoms. The van der Waals surface area contributed by atoms with E-state index in [1.165, 1.54) is 6.07 Å². The highest BCUT2D eigenvalue weighted by Crippen LogP contribution is 2.26. The van der Waals surface area contributed by atoms with Crippen LogP contribution in [0.1, 0.15) is 29.8 Å². The third kappa shape index (κ3) is 3.82. The molecule has 1 atom stereocenters. The Kier molecular flexibility index (Phi) is 5.47. The summed E-state index contributed by atoms with van der Waals surface area (Å²) < 4.78 is 30.1. The summed E-state index contributed by atoms with van der Waals surface area (Å²) in [5.74, 6) is -0.694. The van der Waals surface area contributed by atoms with Gasteiger partial charge in [0.15, 0.2) is 17.2 Å². The molecule has 2 saturated heterocycles. The molecular weight excluding hydrogens is 367 g/mol. The molecule has 0 saturated carbocycles. The van der Waals surface area contributed by atoms with E-state index in [9.17, 15) is 14.0 Å². The highest BCUT2D eigenvalue weighted by Gasteiger charge is 2.31. The lowest BCUT2D eigenvalue weighted by Gasteiger charge is -2.35. The number of amides is 2. The Morgan fingerprint density at radius 2 is 2.00 bits per heavy atom. The molecule has 7 nitrogen and oxygen atoms in total. The second-order valence-corrected chi connectivity index (χ2v) is 7.09. The molecule has 1 aromatic carbocycles. The van der Waals surface area contributed by atoms with Crippen molar-refractivity contribution in [3.8, 4) is 0 Å². The van der Waals surface area contributed by atoms with Crippen LogP contribution in [0.15, 0.2) is 28.7 Å². The molecule has 2 aromatic rings. The predicted molar refractivity (Wildman–Crippen MR) is 98.6 cm³/mol. The quantitative estimate of drug-likeness (QED) is 0.806. The van der Waals surface area contributed by atoms with E-state index in [-0.39, 0.29) is 36.0 Å². The monoisotopic (exact) mass is 390 g/mol. The molecule has 28 heavy (non-hydrogen) atoms. The number of nitrogens with zero attached hydrogens (tertiary/aromatic N) is 2. The fraction of sp³-hybridized carbons (Fsp3) is 0.500. The van der Waals surface area contributed by atoms with Crippen molar-refractivity contribution in [2.75, 3.05) is 39.5 Å². The molecule has 0 spiro atoms. The number of hydrogen-bond donors (Lipinski definition) is 0. The van der Waals surface area contributed by atoms with Crippen molar-refractivity contribution in [2.45, 2.75) is 25.3 Å². The van der Waals surface area contributed by atoms with Gasteiger partial charge in [0.2, 0.25) is 0 Å². The topological polar surface area (TPSA) is 72.2 Å². The summed E-state index contributed by atoms with van der Waals surface area (Å²) in [6.07, 6.45) is 2.19. The maximum absolute atomic E-state index is 13.9. The first-order chi connectivity index (χ1) is 13.6. The zero-order valence-corrected chi connectivity index (χ0v) is 15.6. The second-order valence-electron chi connectivity index (χ2n) is 7.09. The number of ether oxygens (including phenoxy) is 2. The van der Waals surface area contributed by atoms with Crippen molar-refractivity contribution in [1.82, 2.24) is 9.80 Å². The second kappa shape index (κ2) is 8.18. The molecule has 0 radical (unpaired) electrons. The van der Waals surface area contributed by atoms with E-state index >= 15 is 0 Å². The van der Waals surface area contributed by atoms with Crippen molar-refractivity contribution in [3.05, 3.63) is 35.8 Å². The van der Waals surface area contributed by atoms with Crippen LogP contribution in [0.3, 0.4) is 0 Å². The molecule has 3 heterocycles. The average molecular weight is 390 g/mol. The van der Waals surface area contributed by atoms with Gasteiger partial charge in [-0.3, -0.25) is 4.79 Å². The van der Waals surface area contributed by atoms with E-state index in [0.29, 0.717) is 38.2 Å². The molecule has 2 amide bonds. The number of morpholine rings is 1. The van der Waals surface area contributed by atoms with Crippen LogP contribution < -0.4 is 0 Å². The van der Waals surface area contributed by atoms with E-state index in [0.717, 1.165) is 19.3 Å². The Morgan fingerprint density at radius 1 is 1.18 bits per heavy atom. The zero-order chi connectivity index (χ0) is 19.5. The van der Waals surface area contributed by atoms with Crippen molar-refractivity contribution in [2.24, 2.45) is 0 Å². The summed E-state index contributed by atoms with van der Waals surface area (Å²) in [6.45, 7) is 2.72. The summed E-state index contributed by atoms with van der Waals surface area (Å²) in [5, 5.41) is 0.552. The summed E-state index contributed by atoms with van der Waals surface area (Å²) in [4.78, 5) is 28.5. The first-order valence-corrected chi connectivity index (χ1v) is 9.62. The smallest absolute Gasteiger partial charge is 0.409 e. The molecule has 2 aliphatic heterocycles. The van der Waals surface area contributed by atoms with Crippen molar-refractivity contribution in [3.63, 3.8) is 0 Å². The van der Waals surface area contributed by atoms with Gasteiger partial charge in [-0.1, -0.05) is 12.1 Å². The normalized spacial score (nSPS) is 20.4. The van der Waals surface area contributed by atoms with Gasteiger partial charge in [-0.25, -0.2) is 9.18 Å². The van der Waals surface area contributed by atoms with Crippen molar-refractivity contribution >= 4 is 23.0 Å². The van der Waals surface area contributed by atoms with Gasteiger partial charge in [0.25, 0.3) is 5.91 Å². The Morgan fingerprint density at radius 3 is 2.79 bits per heavy atom. The minimum Gasteiger partial charge on any atom is -0.448 e. The van der Waals surface area contributed by atoms with E-state index in [1.54, 1.807) is 28.0 Å². The van der Waals surface area contributed by atoms with Crippen LogP contribution in [-0.2, 0) is 9.47 Å². The fourth-order valence-electron chi connectivity index (χ4n) is 3.72. The highest BCUT2D eigenvalue weighted by atomic mass is 19.1. The van der Waals surface area contributed by atoms with Crippen LogP contribution in [0.2, 0.25) is 0 Å². The van der Waals surface area contributed by atoms with Gasteiger partial charge in [0.05, 0.1) is 19.3 Å². The van der Waals surface area contributed by atoms with Gasteiger partial charge in [-0.2, -0.15) is 0 Å². The molecule has 2 aliphatic rings. The summed E-state index contributed by atoms with van der Waals surface area (Å²) >= 11 is 0. The third-order valence-electron chi connectivity index (χ3n) is 5.26. The summed E-state index contributed by atoms with van der Waals surface area (Å²) in [6, 6.07) is 5.93. The number of carbonyl (C=O) groups excluding carboxylic acids is 2. The van der Waals surface area contributed by atoms with E-state index < -0.39 is 5.82 Å². The Balaban J connectivity index is 1.44. The Hall–Kier alpha value is -2.61. The molecule has 1 unspecified atom stereocenters. The predicted octanol–water partition coefficient (Wildman–Crippen LogP) is 3.04. The Labute approximate surface area is 162 Å². The van der Waals surface area contributed by atoms with Gasteiger partial charge in [0.1, 0.15) is 6.61 Å². The molecule has 4 rings (SSSR count). The number of halogens is 1. The molecule has 0 N–H and O–H groups in total. The third-order valence-corrected chi connectivity index (χ3v) is 5.26. The lowest BCUT2D eigenvalue weighted by molar-refractivity contribution is 0.0124. The van der Waals surface area contributed by atoms with Crippen molar-refractivity contribution in [1.29, 1.82) is 0 Å². The number of rotatable bonds is 3. The molecular formula is C20H23FN2O5. The summed E-state index contributed by atoms with van der Waals surface area (Å²) in [5.41, 5.74) is 0.0816. The Bertz CT molecular complexity index is 861. The number of piperidine rings is 1. The van der Waals surface area contributed by atoms with Crippen LogP contribution in [0.5, 0.6) is 0 Å². The van der Waals surface area contributed by atoms with Crippen LogP contribution in [-0.4, -0.2) is 67.3 Å². The molecule has 1 aromatic heterocycles. The van der Waals surface area contributed by atoms with Gasteiger partial charge in [-0.05, 0) is 31.4 Å². The van der Waals surface area contributed by atoms with Crippen LogP contribution >= 0.6 is 0 Å². The SMILES string of the molecule is O=C(OCC1CCCCN1C(=O)c1cc2cccc(F)c2o1)N1CCOCC1. The zero-order valence-electron chi connectivity index (χ0n) is 15.6. The first-order valence-electron chi connectivity index (χ1n) is 9.62. The van der Waals surface area contributed by atoms with Gasteiger partial charge >= 0.3 is 6.09 Å². The van der Waals surface area contributed by atoms with Gasteiger partial charge < -0.3 is 23.7 Å².